The SMILES string of the molecule is COC1(OC)CN2CC(c3nc(C(C)C)no3)C1C2. The lowest BCUT2D eigenvalue weighted by molar-refractivity contribution is -0.232. The number of piperidine rings is 1. The fraction of sp³-hybridized carbons (Fsp3) is 0.846. The molecule has 0 saturated carbocycles. The van der Waals surface area contributed by atoms with Gasteiger partial charge in [-0.3, -0.25) is 4.90 Å². The highest BCUT2D eigenvalue weighted by Crippen LogP contribution is 2.46. The Kier molecular flexibility index (Phi) is 3.11. The highest BCUT2D eigenvalue weighted by Gasteiger charge is 2.58. The number of hydrogen-bond acceptors (Lipinski definition) is 6. The lowest BCUT2D eigenvalue weighted by atomic mass is 9.87. The van der Waals surface area contributed by atoms with Crippen LogP contribution in [0.1, 0.15) is 37.4 Å². The first kappa shape index (κ1) is 13.0. The molecule has 2 fully saturated rings. The van der Waals surface area contributed by atoms with Crippen LogP contribution in [0.4, 0.5) is 0 Å². The van der Waals surface area contributed by atoms with Crippen LogP contribution in [-0.2, 0) is 9.47 Å². The van der Waals surface area contributed by atoms with E-state index in [0.717, 1.165) is 31.3 Å². The zero-order valence-electron chi connectivity index (χ0n) is 11.9. The lowest BCUT2D eigenvalue weighted by Gasteiger charge is -2.37. The fourth-order valence-corrected chi connectivity index (χ4v) is 3.29. The standard InChI is InChI=1S/C13H21N3O3/c1-8(2)11-14-12(19-15-11)9-5-16-6-10(9)13(7-16,17-3)18-4/h8-10H,5-7H2,1-4H3. The van der Waals surface area contributed by atoms with Crippen molar-refractivity contribution in [2.24, 2.45) is 5.92 Å². The molecule has 1 aromatic heterocycles. The van der Waals surface area contributed by atoms with Crippen LogP contribution in [0.3, 0.4) is 0 Å². The van der Waals surface area contributed by atoms with Crippen molar-refractivity contribution in [3.63, 3.8) is 0 Å². The van der Waals surface area contributed by atoms with Crippen molar-refractivity contribution in [2.45, 2.75) is 31.5 Å². The molecule has 2 aliphatic heterocycles. The first-order chi connectivity index (χ1) is 9.09. The third-order valence-electron chi connectivity index (χ3n) is 4.39. The summed E-state index contributed by atoms with van der Waals surface area (Å²) in [6.45, 7) is 6.85. The molecule has 3 rings (SSSR count). The Morgan fingerprint density at radius 1 is 1.32 bits per heavy atom. The maximum Gasteiger partial charge on any atom is 0.231 e. The molecule has 3 atom stereocenters. The van der Waals surface area contributed by atoms with Gasteiger partial charge in [-0.15, -0.1) is 0 Å². The van der Waals surface area contributed by atoms with Crippen LogP contribution in [0.5, 0.6) is 0 Å². The van der Waals surface area contributed by atoms with Gasteiger partial charge in [0.25, 0.3) is 0 Å². The van der Waals surface area contributed by atoms with Crippen LogP contribution in [0, 0.1) is 5.92 Å². The van der Waals surface area contributed by atoms with Gasteiger partial charge in [0, 0.05) is 39.1 Å². The molecule has 3 heterocycles. The first-order valence-electron chi connectivity index (χ1n) is 6.76. The molecule has 0 amide bonds. The highest BCUT2D eigenvalue weighted by atomic mass is 16.7. The Bertz CT molecular complexity index is 456. The largest absolute Gasteiger partial charge is 0.352 e. The Balaban J connectivity index is 1.86. The number of aromatic nitrogens is 2. The molecule has 2 saturated heterocycles. The van der Waals surface area contributed by atoms with Gasteiger partial charge in [-0.2, -0.15) is 4.98 Å². The zero-order valence-corrected chi connectivity index (χ0v) is 11.9. The molecule has 0 aromatic carbocycles. The van der Waals surface area contributed by atoms with Crippen molar-refractivity contribution in [3.8, 4) is 0 Å². The summed E-state index contributed by atoms with van der Waals surface area (Å²) in [5, 5.41) is 4.06. The molecule has 2 bridgehead atoms. The summed E-state index contributed by atoms with van der Waals surface area (Å²) >= 11 is 0. The van der Waals surface area contributed by atoms with Gasteiger partial charge in [0.15, 0.2) is 11.6 Å². The monoisotopic (exact) mass is 267 g/mol. The molecular formula is C13H21N3O3. The van der Waals surface area contributed by atoms with E-state index in [1.54, 1.807) is 14.2 Å². The number of ether oxygens (including phenoxy) is 2. The first-order valence-corrected chi connectivity index (χ1v) is 6.76. The second-order valence-electron chi connectivity index (χ2n) is 5.77. The van der Waals surface area contributed by atoms with Crippen LogP contribution in [0.2, 0.25) is 0 Å². The van der Waals surface area contributed by atoms with Crippen molar-refractivity contribution >= 4 is 0 Å². The molecule has 6 heteroatoms. The van der Waals surface area contributed by atoms with Crippen molar-refractivity contribution in [3.05, 3.63) is 11.7 Å². The summed E-state index contributed by atoms with van der Waals surface area (Å²) in [6.07, 6.45) is 0. The van der Waals surface area contributed by atoms with Crippen molar-refractivity contribution in [1.82, 2.24) is 15.0 Å². The predicted molar refractivity (Wildman–Crippen MR) is 67.8 cm³/mol. The molecule has 1 aromatic rings. The molecule has 6 nitrogen and oxygen atoms in total. The van der Waals surface area contributed by atoms with Gasteiger partial charge < -0.3 is 14.0 Å². The highest BCUT2D eigenvalue weighted by molar-refractivity contribution is 5.12. The van der Waals surface area contributed by atoms with E-state index in [-0.39, 0.29) is 17.8 Å². The van der Waals surface area contributed by atoms with Crippen LogP contribution in [-0.4, -0.2) is 54.7 Å². The van der Waals surface area contributed by atoms with Gasteiger partial charge in [0.1, 0.15) is 0 Å². The second-order valence-corrected chi connectivity index (χ2v) is 5.77. The molecule has 0 aliphatic carbocycles. The summed E-state index contributed by atoms with van der Waals surface area (Å²) in [6, 6.07) is 0. The smallest absolute Gasteiger partial charge is 0.231 e. The van der Waals surface area contributed by atoms with Crippen molar-refractivity contribution < 1.29 is 14.0 Å². The normalized spacial score (nSPS) is 32.4. The summed E-state index contributed by atoms with van der Waals surface area (Å²) in [5.74, 6) is 1.69. The van der Waals surface area contributed by atoms with Gasteiger partial charge in [0.05, 0.1) is 12.5 Å². The number of rotatable bonds is 4. The van der Waals surface area contributed by atoms with E-state index in [1.807, 2.05) is 0 Å². The average molecular weight is 267 g/mol. The topological polar surface area (TPSA) is 60.6 Å². The number of methoxy groups -OCH3 is 2. The fourth-order valence-electron chi connectivity index (χ4n) is 3.29. The molecule has 2 aliphatic rings. The van der Waals surface area contributed by atoms with E-state index in [4.69, 9.17) is 14.0 Å². The van der Waals surface area contributed by atoms with Gasteiger partial charge in [-0.25, -0.2) is 0 Å². The predicted octanol–water partition coefficient (Wildman–Crippen LogP) is 1.21. The minimum Gasteiger partial charge on any atom is -0.352 e. The number of hydrogen-bond donors (Lipinski definition) is 0. The Morgan fingerprint density at radius 2 is 2.05 bits per heavy atom. The van der Waals surface area contributed by atoms with Crippen molar-refractivity contribution in [1.29, 1.82) is 0 Å². The van der Waals surface area contributed by atoms with Gasteiger partial charge >= 0.3 is 0 Å². The minimum atomic E-state index is -0.532. The Morgan fingerprint density at radius 3 is 2.58 bits per heavy atom. The van der Waals surface area contributed by atoms with Crippen LogP contribution < -0.4 is 0 Å². The molecule has 0 spiro atoms. The summed E-state index contributed by atoms with van der Waals surface area (Å²) in [4.78, 5) is 6.86. The van der Waals surface area contributed by atoms with E-state index >= 15 is 0 Å². The molecule has 0 radical (unpaired) electrons. The van der Waals surface area contributed by atoms with Crippen LogP contribution >= 0.6 is 0 Å². The van der Waals surface area contributed by atoms with E-state index < -0.39 is 5.79 Å². The molecular weight excluding hydrogens is 246 g/mol. The van der Waals surface area contributed by atoms with Gasteiger partial charge in [-0.1, -0.05) is 19.0 Å². The maximum atomic E-state index is 5.63. The van der Waals surface area contributed by atoms with E-state index in [1.165, 1.54) is 0 Å². The molecule has 106 valence electrons. The zero-order chi connectivity index (χ0) is 13.6. The van der Waals surface area contributed by atoms with Crippen LogP contribution in [0.15, 0.2) is 4.52 Å². The Hall–Kier alpha value is -0.980. The molecule has 0 N–H and O–H groups in total. The van der Waals surface area contributed by atoms with Crippen LogP contribution in [0.25, 0.3) is 0 Å². The third kappa shape index (κ3) is 1.89. The summed E-state index contributed by atoms with van der Waals surface area (Å²) in [5.41, 5.74) is 0. The summed E-state index contributed by atoms with van der Waals surface area (Å²) in [7, 11) is 3.41. The number of fused-ring (bicyclic) bond motifs is 2. The third-order valence-corrected chi connectivity index (χ3v) is 4.39. The summed E-state index contributed by atoms with van der Waals surface area (Å²) < 4.78 is 16.7. The molecule has 19 heavy (non-hydrogen) atoms. The number of nitrogens with zero attached hydrogens (tertiary/aromatic N) is 3. The lowest BCUT2D eigenvalue weighted by Crippen LogP contribution is -2.48. The van der Waals surface area contributed by atoms with Crippen molar-refractivity contribution in [2.75, 3.05) is 33.9 Å². The van der Waals surface area contributed by atoms with E-state index in [0.29, 0.717) is 0 Å². The quantitative estimate of drug-likeness (QED) is 0.764. The maximum absolute atomic E-state index is 5.63. The minimum absolute atomic E-state index is 0.202. The van der Waals surface area contributed by atoms with Gasteiger partial charge in [0.2, 0.25) is 5.89 Å². The average Bonchev–Trinajstić information content (AvgIpc) is 3.11. The van der Waals surface area contributed by atoms with E-state index in [9.17, 15) is 0 Å². The Labute approximate surface area is 113 Å². The molecule has 3 unspecified atom stereocenters. The second kappa shape index (κ2) is 4.54. The van der Waals surface area contributed by atoms with Gasteiger partial charge in [-0.05, 0) is 0 Å². The van der Waals surface area contributed by atoms with E-state index in [2.05, 4.69) is 28.9 Å².